The number of carbonyl (C=O) groups is 1. The topological polar surface area (TPSA) is 75.7 Å². The molecule has 0 radical (unpaired) electrons. The second kappa shape index (κ2) is 6.48. The van der Waals surface area contributed by atoms with Crippen molar-refractivity contribution >= 4 is 44.7 Å². The van der Waals surface area contributed by atoms with Crippen LogP contribution >= 0.6 is 22.9 Å². The number of cyclic esters (lactones) is 1. The predicted molar refractivity (Wildman–Crippen MR) is 88.6 cm³/mol. The molecule has 1 amide bonds. The minimum absolute atomic E-state index is 0.0239. The lowest BCUT2D eigenvalue weighted by atomic mass is 10.3. The molecule has 1 saturated heterocycles. The normalized spacial score (nSPS) is 18.2. The molecule has 2 heterocycles. The van der Waals surface area contributed by atoms with E-state index in [9.17, 15) is 13.2 Å². The van der Waals surface area contributed by atoms with Crippen LogP contribution in [-0.4, -0.2) is 33.7 Å². The Kier molecular flexibility index (Phi) is 4.58. The van der Waals surface area contributed by atoms with E-state index in [1.165, 1.54) is 11.0 Å². The smallest absolute Gasteiger partial charge is 0.414 e. The lowest BCUT2D eigenvalue weighted by Crippen LogP contribution is -2.34. The average molecular weight is 373 g/mol. The molecule has 1 N–H and O–H groups in total. The van der Waals surface area contributed by atoms with Gasteiger partial charge in [0.2, 0.25) is 10.0 Å². The average Bonchev–Trinajstić information content (AvgIpc) is 3.16. The molecule has 0 bridgehead atoms. The molecule has 122 valence electrons. The number of ether oxygens (including phenoxy) is 1. The fourth-order valence-electron chi connectivity index (χ4n) is 2.15. The van der Waals surface area contributed by atoms with Gasteiger partial charge in [0.15, 0.2) is 0 Å². The number of rotatable bonds is 5. The molecule has 9 heteroatoms. The van der Waals surface area contributed by atoms with Gasteiger partial charge in [0.05, 0.1) is 6.54 Å². The summed E-state index contributed by atoms with van der Waals surface area (Å²) in [5.41, 5.74) is 0.656. The first-order valence-corrected chi connectivity index (χ1v) is 9.47. The van der Waals surface area contributed by atoms with Crippen LogP contribution in [0, 0.1) is 0 Å². The summed E-state index contributed by atoms with van der Waals surface area (Å²) in [5.74, 6) is 0. The molecule has 1 aliphatic heterocycles. The van der Waals surface area contributed by atoms with Crippen molar-refractivity contribution in [3.05, 3.63) is 46.8 Å². The SMILES string of the molecule is O=C1OC(CNS(=O)(=O)c2cccs2)CN1c1ccc(Cl)cc1. The fraction of sp³-hybridized carbons (Fsp3) is 0.214. The van der Waals surface area contributed by atoms with Crippen LogP contribution in [0.2, 0.25) is 5.02 Å². The summed E-state index contributed by atoms with van der Waals surface area (Å²) in [4.78, 5) is 13.4. The number of nitrogens with zero attached hydrogens (tertiary/aromatic N) is 1. The monoisotopic (exact) mass is 372 g/mol. The molecule has 0 saturated carbocycles. The Morgan fingerprint density at radius 1 is 1.30 bits per heavy atom. The molecule has 23 heavy (non-hydrogen) atoms. The van der Waals surface area contributed by atoms with Crippen molar-refractivity contribution in [1.29, 1.82) is 0 Å². The third-order valence-corrected chi connectivity index (χ3v) is 6.35. The Morgan fingerprint density at radius 3 is 2.70 bits per heavy atom. The highest BCUT2D eigenvalue weighted by atomic mass is 35.5. The highest BCUT2D eigenvalue weighted by Gasteiger charge is 2.33. The fourth-order valence-corrected chi connectivity index (χ4v) is 4.38. The Balaban J connectivity index is 1.63. The molecule has 1 atom stereocenters. The van der Waals surface area contributed by atoms with E-state index in [1.54, 1.807) is 35.7 Å². The minimum atomic E-state index is -3.57. The van der Waals surface area contributed by atoms with Crippen molar-refractivity contribution in [2.45, 2.75) is 10.3 Å². The second-order valence-corrected chi connectivity index (χ2v) is 8.25. The molecule has 1 fully saturated rings. The third kappa shape index (κ3) is 3.66. The predicted octanol–water partition coefficient (Wildman–Crippen LogP) is 2.71. The van der Waals surface area contributed by atoms with Crippen LogP contribution in [0.25, 0.3) is 0 Å². The van der Waals surface area contributed by atoms with E-state index in [-0.39, 0.29) is 17.3 Å². The summed E-state index contributed by atoms with van der Waals surface area (Å²) in [6.07, 6.45) is -1.06. The molecule has 1 aromatic heterocycles. The van der Waals surface area contributed by atoms with Crippen LogP contribution in [0.15, 0.2) is 46.0 Å². The van der Waals surface area contributed by atoms with Crippen LogP contribution in [-0.2, 0) is 14.8 Å². The van der Waals surface area contributed by atoms with E-state index in [1.807, 2.05) is 0 Å². The molecular formula is C14H13ClN2O4S2. The van der Waals surface area contributed by atoms with E-state index in [4.69, 9.17) is 16.3 Å². The molecule has 0 aliphatic carbocycles. The number of hydrogen-bond donors (Lipinski definition) is 1. The van der Waals surface area contributed by atoms with Crippen molar-refractivity contribution in [2.24, 2.45) is 0 Å². The van der Waals surface area contributed by atoms with Crippen molar-refractivity contribution < 1.29 is 17.9 Å². The summed E-state index contributed by atoms with van der Waals surface area (Å²) in [5, 5.41) is 2.26. The quantitative estimate of drug-likeness (QED) is 0.875. The summed E-state index contributed by atoms with van der Waals surface area (Å²) in [7, 11) is -3.57. The molecule has 1 aliphatic rings. The van der Waals surface area contributed by atoms with Gasteiger partial charge in [-0.15, -0.1) is 11.3 Å². The molecule has 0 spiro atoms. The number of halogens is 1. The van der Waals surface area contributed by atoms with Crippen molar-refractivity contribution in [1.82, 2.24) is 4.72 Å². The van der Waals surface area contributed by atoms with Gasteiger partial charge in [-0.05, 0) is 35.7 Å². The van der Waals surface area contributed by atoms with Gasteiger partial charge in [0.1, 0.15) is 10.3 Å². The zero-order valence-electron chi connectivity index (χ0n) is 11.8. The first-order chi connectivity index (χ1) is 11.0. The minimum Gasteiger partial charge on any atom is -0.443 e. The molecule has 1 unspecified atom stereocenters. The summed E-state index contributed by atoms with van der Waals surface area (Å²) >= 11 is 6.95. The Hall–Kier alpha value is -1.61. The van der Waals surface area contributed by atoms with E-state index in [0.717, 1.165) is 11.3 Å². The first-order valence-electron chi connectivity index (χ1n) is 6.72. The maximum atomic E-state index is 12.1. The maximum Gasteiger partial charge on any atom is 0.414 e. The van der Waals surface area contributed by atoms with Crippen LogP contribution in [0.5, 0.6) is 0 Å². The van der Waals surface area contributed by atoms with Gasteiger partial charge >= 0.3 is 6.09 Å². The number of thiophene rings is 1. The lowest BCUT2D eigenvalue weighted by molar-refractivity contribution is 0.143. The van der Waals surface area contributed by atoms with Gasteiger partial charge in [-0.3, -0.25) is 4.90 Å². The number of anilines is 1. The molecule has 2 aromatic rings. The van der Waals surface area contributed by atoms with E-state index >= 15 is 0 Å². The van der Waals surface area contributed by atoms with Crippen LogP contribution < -0.4 is 9.62 Å². The van der Waals surface area contributed by atoms with E-state index in [2.05, 4.69) is 4.72 Å². The highest BCUT2D eigenvalue weighted by Crippen LogP contribution is 2.23. The van der Waals surface area contributed by atoms with Gasteiger partial charge in [0.25, 0.3) is 0 Å². The van der Waals surface area contributed by atoms with Crippen LogP contribution in [0.4, 0.5) is 10.5 Å². The van der Waals surface area contributed by atoms with Gasteiger partial charge < -0.3 is 4.74 Å². The number of amides is 1. The lowest BCUT2D eigenvalue weighted by Gasteiger charge is -2.13. The molecule has 3 rings (SSSR count). The van der Waals surface area contributed by atoms with E-state index < -0.39 is 22.2 Å². The van der Waals surface area contributed by atoms with Crippen molar-refractivity contribution in [3.8, 4) is 0 Å². The summed E-state index contributed by atoms with van der Waals surface area (Å²) < 4.78 is 32.0. The zero-order chi connectivity index (χ0) is 16.4. The summed E-state index contributed by atoms with van der Waals surface area (Å²) in [6.45, 7) is 0.295. The highest BCUT2D eigenvalue weighted by molar-refractivity contribution is 7.91. The maximum absolute atomic E-state index is 12.1. The standard InChI is InChI=1S/C14H13ClN2O4S2/c15-10-3-5-11(6-4-10)17-9-12(21-14(17)18)8-16-23(19,20)13-2-1-7-22-13/h1-7,12,16H,8-9H2. The zero-order valence-corrected chi connectivity index (χ0v) is 14.2. The van der Waals surface area contributed by atoms with Crippen LogP contribution in [0.3, 0.4) is 0 Å². The first kappa shape index (κ1) is 16.3. The van der Waals surface area contributed by atoms with Gasteiger partial charge in [-0.25, -0.2) is 17.9 Å². The number of carbonyl (C=O) groups excluding carboxylic acids is 1. The second-order valence-electron chi connectivity index (χ2n) is 4.88. The summed E-state index contributed by atoms with van der Waals surface area (Å²) in [6, 6.07) is 9.96. The molecule has 1 aromatic carbocycles. The van der Waals surface area contributed by atoms with Crippen molar-refractivity contribution in [2.75, 3.05) is 18.0 Å². The molecule has 6 nitrogen and oxygen atoms in total. The third-order valence-electron chi connectivity index (χ3n) is 3.27. The Bertz CT molecular complexity index is 791. The van der Waals surface area contributed by atoms with Crippen molar-refractivity contribution in [3.63, 3.8) is 0 Å². The van der Waals surface area contributed by atoms with Gasteiger partial charge in [-0.2, -0.15) is 0 Å². The Labute approximate surface area is 142 Å². The Morgan fingerprint density at radius 2 is 2.04 bits per heavy atom. The number of sulfonamides is 1. The molecular weight excluding hydrogens is 360 g/mol. The van der Waals surface area contributed by atoms with E-state index in [0.29, 0.717) is 10.7 Å². The van der Waals surface area contributed by atoms with Gasteiger partial charge in [0, 0.05) is 17.3 Å². The largest absolute Gasteiger partial charge is 0.443 e. The number of benzene rings is 1. The van der Waals surface area contributed by atoms with Gasteiger partial charge in [-0.1, -0.05) is 17.7 Å². The number of hydrogen-bond acceptors (Lipinski definition) is 5. The van der Waals surface area contributed by atoms with Crippen LogP contribution in [0.1, 0.15) is 0 Å². The number of nitrogens with one attached hydrogen (secondary N) is 1.